The average molecular weight is 279 g/mol. The zero-order valence-electron chi connectivity index (χ0n) is 11.9. The maximum Gasteiger partial charge on any atom is 0.244 e. The number of nitrogens with zero attached hydrogens (tertiary/aromatic N) is 1. The largest absolute Gasteiger partial charge is 0.244 e. The van der Waals surface area contributed by atoms with Crippen LogP contribution in [0.15, 0.2) is 41.3 Å². The molecule has 4 heteroatoms. The third-order valence-corrected chi connectivity index (χ3v) is 5.48. The van der Waals surface area contributed by atoms with E-state index in [1.807, 2.05) is 39.8 Å². The number of hydrogen-bond acceptors (Lipinski definition) is 2. The number of aryl methyl sites for hydroxylation is 1. The monoisotopic (exact) mass is 279 g/mol. The summed E-state index contributed by atoms with van der Waals surface area (Å²) in [4.78, 5) is 0.368. The van der Waals surface area contributed by atoms with Crippen LogP contribution in [0.5, 0.6) is 0 Å². The molecular formula is C15H21NO2S. The third kappa shape index (κ3) is 2.47. The average Bonchev–Trinajstić information content (AvgIpc) is 3.05. The van der Waals surface area contributed by atoms with Crippen LogP contribution in [0.3, 0.4) is 0 Å². The summed E-state index contributed by atoms with van der Waals surface area (Å²) in [5, 5.41) is 0. The first-order valence-corrected chi connectivity index (χ1v) is 7.96. The van der Waals surface area contributed by atoms with Crippen LogP contribution in [0.25, 0.3) is 0 Å². The van der Waals surface area contributed by atoms with Crippen LogP contribution in [-0.2, 0) is 10.0 Å². The summed E-state index contributed by atoms with van der Waals surface area (Å²) in [6.45, 7) is 11.8. The van der Waals surface area contributed by atoms with Crippen LogP contribution in [0.4, 0.5) is 0 Å². The molecule has 0 aliphatic carbocycles. The fourth-order valence-corrected chi connectivity index (χ4v) is 4.49. The second kappa shape index (κ2) is 4.76. The van der Waals surface area contributed by atoms with Gasteiger partial charge in [-0.2, -0.15) is 4.31 Å². The summed E-state index contributed by atoms with van der Waals surface area (Å²) in [7, 11) is -3.40. The lowest BCUT2D eigenvalue weighted by Crippen LogP contribution is -2.17. The molecule has 0 spiro atoms. The molecule has 19 heavy (non-hydrogen) atoms. The Balaban J connectivity index is 2.35. The molecule has 0 aromatic heterocycles. The van der Waals surface area contributed by atoms with E-state index >= 15 is 0 Å². The highest BCUT2D eigenvalue weighted by atomic mass is 32.2. The second-order valence-corrected chi connectivity index (χ2v) is 7.52. The van der Waals surface area contributed by atoms with Gasteiger partial charge in [0.1, 0.15) is 0 Å². The van der Waals surface area contributed by atoms with Crippen molar-refractivity contribution >= 4 is 10.0 Å². The van der Waals surface area contributed by atoms with E-state index in [1.165, 1.54) is 0 Å². The number of sulfonamides is 1. The lowest BCUT2D eigenvalue weighted by molar-refractivity contribution is 0.517. The van der Waals surface area contributed by atoms with Gasteiger partial charge in [-0.05, 0) is 31.9 Å². The fraction of sp³-hybridized carbons (Fsp3) is 0.467. The van der Waals surface area contributed by atoms with Crippen molar-refractivity contribution in [2.45, 2.75) is 44.7 Å². The van der Waals surface area contributed by atoms with Gasteiger partial charge >= 0.3 is 0 Å². The number of hydrogen-bond donors (Lipinski definition) is 0. The lowest BCUT2D eigenvalue weighted by atomic mass is 10.1. The highest BCUT2D eigenvalue weighted by Crippen LogP contribution is 2.43. The molecule has 1 aromatic carbocycles. The highest BCUT2D eigenvalue weighted by molar-refractivity contribution is 7.89. The number of rotatable bonds is 4. The Bertz CT molecular complexity index is 587. The predicted octanol–water partition coefficient (Wildman–Crippen LogP) is 2.97. The van der Waals surface area contributed by atoms with E-state index in [4.69, 9.17) is 0 Å². The van der Waals surface area contributed by atoms with Crippen LogP contribution in [0.2, 0.25) is 0 Å². The van der Waals surface area contributed by atoms with Gasteiger partial charge in [0.25, 0.3) is 0 Å². The van der Waals surface area contributed by atoms with Crippen LogP contribution in [-0.4, -0.2) is 24.8 Å². The van der Waals surface area contributed by atoms with Crippen molar-refractivity contribution in [3.8, 4) is 0 Å². The molecule has 1 aromatic rings. The maximum absolute atomic E-state index is 12.6. The van der Waals surface area contributed by atoms with E-state index < -0.39 is 10.0 Å². The normalized spacial score (nSPS) is 26.5. The summed E-state index contributed by atoms with van der Waals surface area (Å²) in [5.41, 5.74) is 1.97. The quantitative estimate of drug-likeness (QED) is 0.627. The van der Waals surface area contributed by atoms with Crippen molar-refractivity contribution in [3.05, 3.63) is 42.0 Å². The van der Waals surface area contributed by atoms with Crippen LogP contribution >= 0.6 is 0 Å². The minimum Gasteiger partial charge on any atom is -0.207 e. The zero-order valence-corrected chi connectivity index (χ0v) is 12.7. The third-order valence-electron chi connectivity index (χ3n) is 3.59. The summed E-state index contributed by atoms with van der Waals surface area (Å²) in [5.74, 6) is 0.293. The zero-order chi connectivity index (χ0) is 14.4. The van der Waals surface area contributed by atoms with Gasteiger partial charge in [-0.3, -0.25) is 0 Å². The van der Waals surface area contributed by atoms with Gasteiger partial charge in [0, 0.05) is 6.04 Å². The molecule has 0 radical (unpaired) electrons. The Morgan fingerprint density at radius 2 is 1.79 bits per heavy atom. The van der Waals surface area contributed by atoms with Gasteiger partial charge in [0.05, 0.1) is 10.9 Å². The smallest absolute Gasteiger partial charge is 0.207 e. The van der Waals surface area contributed by atoms with E-state index in [0.717, 1.165) is 11.1 Å². The minimum atomic E-state index is -3.40. The molecule has 1 unspecified atom stereocenters. The van der Waals surface area contributed by atoms with Gasteiger partial charge in [-0.1, -0.05) is 43.7 Å². The Morgan fingerprint density at radius 1 is 1.26 bits per heavy atom. The molecule has 1 heterocycles. The van der Waals surface area contributed by atoms with Gasteiger partial charge in [0.2, 0.25) is 10.0 Å². The van der Waals surface area contributed by atoms with E-state index in [1.54, 1.807) is 16.4 Å². The van der Waals surface area contributed by atoms with Crippen molar-refractivity contribution in [1.29, 1.82) is 0 Å². The highest BCUT2D eigenvalue weighted by Gasteiger charge is 2.56. The van der Waals surface area contributed by atoms with E-state index in [9.17, 15) is 8.42 Å². The second-order valence-electron chi connectivity index (χ2n) is 5.67. The molecule has 1 aliphatic rings. The van der Waals surface area contributed by atoms with Crippen LogP contribution < -0.4 is 0 Å². The first-order chi connectivity index (χ1) is 8.76. The minimum absolute atomic E-state index is 0.0452. The van der Waals surface area contributed by atoms with Gasteiger partial charge < -0.3 is 0 Å². The first-order valence-electron chi connectivity index (χ1n) is 6.52. The summed E-state index contributed by atoms with van der Waals surface area (Å²) in [6.07, 6.45) is 0. The van der Waals surface area contributed by atoms with Gasteiger partial charge in [-0.25, -0.2) is 8.42 Å². The van der Waals surface area contributed by atoms with E-state index in [0.29, 0.717) is 10.8 Å². The predicted molar refractivity (Wildman–Crippen MR) is 77.4 cm³/mol. The van der Waals surface area contributed by atoms with E-state index in [-0.39, 0.29) is 12.1 Å². The fourth-order valence-electron chi connectivity index (χ4n) is 2.54. The molecule has 1 fully saturated rings. The topological polar surface area (TPSA) is 37.1 Å². The summed E-state index contributed by atoms with van der Waals surface area (Å²) in [6, 6.07) is 7.01. The molecule has 3 atom stereocenters. The summed E-state index contributed by atoms with van der Waals surface area (Å²) < 4.78 is 26.8. The Labute approximate surface area is 116 Å². The molecule has 1 saturated heterocycles. The molecular weight excluding hydrogens is 258 g/mol. The van der Waals surface area contributed by atoms with Gasteiger partial charge in [-0.15, -0.1) is 0 Å². The molecule has 2 rings (SSSR count). The first kappa shape index (κ1) is 14.3. The standard InChI is InChI=1S/C15H21NO2S/c1-10(2)14-15(11(3)4)16(14)19(17,18)13-8-6-12(5)7-9-13/h6-9,11,14-15H,1H2,2-5H3/t14-,15+,16?/m1/s1. The van der Waals surface area contributed by atoms with Crippen molar-refractivity contribution in [2.75, 3.05) is 0 Å². The molecule has 104 valence electrons. The Morgan fingerprint density at radius 3 is 2.16 bits per heavy atom. The molecule has 3 nitrogen and oxygen atoms in total. The van der Waals surface area contributed by atoms with Crippen molar-refractivity contribution in [2.24, 2.45) is 5.92 Å². The molecule has 0 amide bonds. The summed E-state index contributed by atoms with van der Waals surface area (Å²) >= 11 is 0. The maximum atomic E-state index is 12.6. The van der Waals surface area contributed by atoms with Crippen molar-refractivity contribution in [1.82, 2.24) is 4.31 Å². The SMILES string of the molecule is C=C(C)[C@@H]1[C@H](C(C)C)N1S(=O)(=O)c1ccc(C)cc1. The van der Waals surface area contributed by atoms with Crippen molar-refractivity contribution in [3.63, 3.8) is 0 Å². The molecule has 0 saturated carbocycles. The molecule has 0 bridgehead atoms. The Hall–Kier alpha value is -1.13. The molecule has 0 N–H and O–H groups in total. The van der Waals surface area contributed by atoms with E-state index in [2.05, 4.69) is 6.58 Å². The van der Waals surface area contributed by atoms with Crippen LogP contribution in [0.1, 0.15) is 26.3 Å². The lowest BCUT2D eigenvalue weighted by Gasteiger charge is -2.08. The molecule has 1 aliphatic heterocycles. The van der Waals surface area contributed by atoms with Gasteiger partial charge in [0.15, 0.2) is 0 Å². The van der Waals surface area contributed by atoms with Crippen LogP contribution in [0, 0.1) is 12.8 Å². The van der Waals surface area contributed by atoms with Crippen molar-refractivity contribution < 1.29 is 8.42 Å². The number of benzene rings is 1. The Kier molecular flexibility index (Phi) is 3.58.